The second kappa shape index (κ2) is 7.36. The lowest BCUT2D eigenvalue weighted by Crippen LogP contribution is -2.33. The van der Waals surface area contributed by atoms with E-state index in [1.165, 1.54) is 31.2 Å². The van der Waals surface area contributed by atoms with Crippen molar-refractivity contribution in [2.24, 2.45) is 0 Å². The lowest BCUT2D eigenvalue weighted by Gasteiger charge is -2.19. The maximum atomic E-state index is 12.3. The van der Waals surface area contributed by atoms with Gasteiger partial charge in [0.2, 0.25) is 0 Å². The van der Waals surface area contributed by atoms with E-state index in [2.05, 4.69) is 0 Å². The first-order valence-corrected chi connectivity index (χ1v) is 6.61. The summed E-state index contributed by atoms with van der Waals surface area (Å²) in [5, 5.41) is 0.469. The first kappa shape index (κ1) is 16.6. The summed E-state index contributed by atoms with van der Waals surface area (Å²) in [7, 11) is 2.86. The van der Waals surface area contributed by atoms with Crippen molar-refractivity contribution in [3.05, 3.63) is 27.7 Å². The van der Waals surface area contributed by atoms with Crippen LogP contribution in [0.4, 0.5) is 0 Å². The number of carbonyl (C=O) groups excluding carboxylic acids is 2. The van der Waals surface area contributed by atoms with E-state index in [0.717, 1.165) is 0 Å². The second-order valence-electron chi connectivity index (χ2n) is 3.90. The van der Waals surface area contributed by atoms with E-state index in [1.54, 1.807) is 6.92 Å². The third kappa shape index (κ3) is 3.77. The van der Waals surface area contributed by atoms with Crippen molar-refractivity contribution in [2.75, 3.05) is 27.3 Å². The van der Waals surface area contributed by atoms with E-state index in [-0.39, 0.29) is 34.5 Å². The summed E-state index contributed by atoms with van der Waals surface area (Å²) < 4.78 is 9.89. The van der Waals surface area contributed by atoms with Gasteiger partial charge in [-0.05, 0) is 19.1 Å². The van der Waals surface area contributed by atoms with Crippen LogP contribution in [0.5, 0.6) is 5.75 Å². The predicted molar refractivity (Wildman–Crippen MR) is 76.6 cm³/mol. The molecule has 0 unspecified atom stereocenters. The highest BCUT2D eigenvalue weighted by Crippen LogP contribution is 2.34. The lowest BCUT2D eigenvalue weighted by atomic mass is 10.1. The minimum Gasteiger partial charge on any atom is -0.494 e. The summed E-state index contributed by atoms with van der Waals surface area (Å²) in [6, 6.07) is 3.03. The summed E-state index contributed by atoms with van der Waals surface area (Å²) in [5.41, 5.74) is 0.119. The van der Waals surface area contributed by atoms with Crippen LogP contribution in [0.2, 0.25) is 10.0 Å². The smallest absolute Gasteiger partial charge is 0.325 e. The van der Waals surface area contributed by atoms with Gasteiger partial charge in [-0.25, -0.2) is 0 Å². The molecular formula is C13H15Cl2NO4. The summed E-state index contributed by atoms with van der Waals surface area (Å²) in [5.74, 6) is -0.789. The van der Waals surface area contributed by atoms with E-state index >= 15 is 0 Å². The van der Waals surface area contributed by atoms with Crippen LogP contribution < -0.4 is 4.74 Å². The Morgan fingerprint density at radius 2 is 1.85 bits per heavy atom. The standard InChI is InChI=1S/C13H15Cl2NO4/c1-4-20-10(17)7-16(2)13(18)11-8(14)5-6-9(15)12(11)19-3/h5-6H,4,7H2,1-3H3. The largest absolute Gasteiger partial charge is 0.494 e. The van der Waals surface area contributed by atoms with Crippen molar-refractivity contribution < 1.29 is 19.1 Å². The Kier molecular flexibility index (Phi) is 6.10. The molecule has 0 heterocycles. The van der Waals surface area contributed by atoms with Crippen LogP contribution in [-0.4, -0.2) is 44.1 Å². The van der Waals surface area contributed by atoms with Gasteiger partial charge in [0.15, 0.2) is 5.75 Å². The van der Waals surface area contributed by atoms with Gasteiger partial charge in [0.1, 0.15) is 12.1 Å². The number of benzene rings is 1. The van der Waals surface area contributed by atoms with Crippen LogP contribution in [-0.2, 0) is 9.53 Å². The lowest BCUT2D eigenvalue weighted by molar-refractivity contribution is -0.143. The molecule has 0 aliphatic rings. The fraction of sp³-hybridized carbons (Fsp3) is 0.385. The van der Waals surface area contributed by atoms with E-state index < -0.39 is 11.9 Å². The van der Waals surface area contributed by atoms with Gasteiger partial charge < -0.3 is 14.4 Å². The number of amides is 1. The fourth-order valence-corrected chi connectivity index (χ4v) is 2.06. The van der Waals surface area contributed by atoms with Gasteiger partial charge in [0, 0.05) is 7.05 Å². The van der Waals surface area contributed by atoms with Gasteiger partial charge in [0.05, 0.1) is 23.8 Å². The minimum atomic E-state index is -0.500. The van der Waals surface area contributed by atoms with Crippen molar-refractivity contribution in [3.63, 3.8) is 0 Å². The molecule has 0 saturated heterocycles. The molecular weight excluding hydrogens is 305 g/mol. The van der Waals surface area contributed by atoms with Crippen molar-refractivity contribution in [1.29, 1.82) is 0 Å². The minimum absolute atomic E-state index is 0.119. The number of ether oxygens (including phenoxy) is 2. The van der Waals surface area contributed by atoms with Crippen LogP contribution in [0.15, 0.2) is 12.1 Å². The number of hydrogen-bond donors (Lipinski definition) is 0. The van der Waals surface area contributed by atoms with Crippen LogP contribution >= 0.6 is 23.2 Å². The van der Waals surface area contributed by atoms with E-state index in [1.807, 2.05) is 0 Å². The van der Waals surface area contributed by atoms with Crippen LogP contribution in [0, 0.1) is 0 Å². The van der Waals surface area contributed by atoms with E-state index in [0.29, 0.717) is 0 Å². The van der Waals surface area contributed by atoms with Gasteiger partial charge in [-0.2, -0.15) is 0 Å². The van der Waals surface area contributed by atoms with Crippen LogP contribution in [0.1, 0.15) is 17.3 Å². The Morgan fingerprint density at radius 3 is 2.40 bits per heavy atom. The predicted octanol–water partition coefficient (Wildman–Crippen LogP) is 2.64. The molecule has 0 aliphatic heterocycles. The molecule has 0 saturated carbocycles. The summed E-state index contributed by atoms with van der Waals surface area (Å²) in [6.45, 7) is 1.76. The van der Waals surface area contributed by atoms with E-state index in [9.17, 15) is 9.59 Å². The average Bonchev–Trinajstić information content (AvgIpc) is 2.40. The highest BCUT2D eigenvalue weighted by Gasteiger charge is 2.23. The Labute approximate surface area is 127 Å². The molecule has 1 amide bonds. The Bertz CT molecular complexity index is 519. The molecule has 1 rings (SSSR count). The molecule has 20 heavy (non-hydrogen) atoms. The molecule has 0 N–H and O–H groups in total. The van der Waals surface area contributed by atoms with Gasteiger partial charge >= 0.3 is 5.97 Å². The fourth-order valence-electron chi connectivity index (χ4n) is 1.60. The number of rotatable bonds is 5. The molecule has 7 heteroatoms. The van der Waals surface area contributed by atoms with Crippen LogP contribution in [0.25, 0.3) is 0 Å². The Morgan fingerprint density at radius 1 is 1.25 bits per heavy atom. The highest BCUT2D eigenvalue weighted by atomic mass is 35.5. The van der Waals surface area contributed by atoms with Crippen molar-refractivity contribution in [3.8, 4) is 5.75 Å². The summed E-state index contributed by atoms with van der Waals surface area (Å²) in [6.07, 6.45) is 0. The number of carbonyl (C=O) groups is 2. The molecule has 0 radical (unpaired) electrons. The third-order valence-corrected chi connectivity index (χ3v) is 3.11. The molecule has 0 aliphatic carbocycles. The topological polar surface area (TPSA) is 55.8 Å². The number of halogens is 2. The van der Waals surface area contributed by atoms with Crippen molar-refractivity contribution in [1.82, 2.24) is 4.90 Å². The number of hydrogen-bond acceptors (Lipinski definition) is 4. The number of esters is 1. The number of methoxy groups -OCH3 is 1. The molecule has 1 aromatic carbocycles. The maximum Gasteiger partial charge on any atom is 0.325 e. The zero-order valence-electron chi connectivity index (χ0n) is 11.4. The Hall–Kier alpha value is -1.46. The normalized spacial score (nSPS) is 10.1. The second-order valence-corrected chi connectivity index (χ2v) is 4.72. The third-order valence-electron chi connectivity index (χ3n) is 2.50. The number of nitrogens with zero attached hydrogens (tertiary/aromatic N) is 1. The van der Waals surface area contributed by atoms with E-state index in [4.69, 9.17) is 32.7 Å². The average molecular weight is 320 g/mol. The van der Waals surface area contributed by atoms with Gasteiger partial charge in [-0.1, -0.05) is 23.2 Å². The maximum absolute atomic E-state index is 12.3. The SMILES string of the molecule is CCOC(=O)CN(C)C(=O)c1c(Cl)ccc(Cl)c1OC. The van der Waals surface area contributed by atoms with Gasteiger partial charge in [-0.15, -0.1) is 0 Å². The highest BCUT2D eigenvalue weighted by molar-refractivity contribution is 6.37. The molecule has 1 aromatic rings. The first-order valence-electron chi connectivity index (χ1n) is 5.85. The molecule has 5 nitrogen and oxygen atoms in total. The molecule has 0 atom stereocenters. The summed E-state index contributed by atoms with van der Waals surface area (Å²) >= 11 is 12.0. The van der Waals surface area contributed by atoms with Gasteiger partial charge in [0.25, 0.3) is 5.91 Å². The van der Waals surface area contributed by atoms with Crippen LogP contribution in [0.3, 0.4) is 0 Å². The number of likely N-dealkylation sites (N-methyl/N-ethyl adjacent to an activating group) is 1. The zero-order chi connectivity index (χ0) is 15.3. The Balaban J connectivity index is 3.03. The quantitative estimate of drug-likeness (QED) is 0.783. The zero-order valence-corrected chi connectivity index (χ0v) is 12.9. The van der Waals surface area contributed by atoms with Crippen molar-refractivity contribution in [2.45, 2.75) is 6.92 Å². The van der Waals surface area contributed by atoms with Gasteiger partial charge in [-0.3, -0.25) is 9.59 Å². The molecule has 0 fully saturated rings. The van der Waals surface area contributed by atoms with Crippen molar-refractivity contribution >= 4 is 35.1 Å². The molecule has 0 bridgehead atoms. The molecule has 0 aromatic heterocycles. The summed E-state index contributed by atoms with van der Waals surface area (Å²) in [4.78, 5) is 24.9. The first-order chi connectivity index (χ1) is 9.42. The monoisotopic (exact) mass is 319 g/mol. The molecule has 0 spiro atoms. The molecule has 110 valence electrons.